The molecule has 0 saturated carbocycles. The molecule has 0 aliphatic heterocycles. The summed E-state index contributed by atoms with van der Waals surface area (Å²) in [4.78, 5) is 0. The van der Waals surface area contributed by atoms with Gasteiger partial charge in [-0.3, -0.25) is 0 Å². The fourth-order valence-electron chi connectivity index (χ4n) is 0.927. The summed E-state index contributed by atoms with van der Waals surface area (Å²) in [6, 6.07) is 0. The van der Waals surface area contributed by atoms with Crippen molar-refractivity contribution in [3.05, 3.63) is 12.8 Å². The molecule has 0 heterocycles. The molecular formula is C14H22Zn. The second-order valence-electron chi connectivity index (χ2n) is 3.27. The minimum absolute atomic E-state index is 0. The topological polar surface area (TPSA) is 0 Å². The molecule has 0 N–H and O–H groups in total. The molecule has 0 saturated heterocycles. The minimum Gasteiger partial charge on any atom is -0.694 e. The van der Waals surface area contributed by atoms with Crippen LogP contribution in [0.3, 0.4) is 0 Å². The Labute approximate surface area is 109 Å². The first-order valence-electron chi connectivity index (χ1n) is 5.62. The zero-order valence-electron chi connectivity index (χ0n) is 10.4. The van der Waals surface area contributed by atoms with E-state index in [-0.39, 0.29) is 19.5 Å². The Balaban J connectivity index is -0.000000180. The Kier molecular flexibility index (Phi) is 31.6. The molecule has 0 rings (SSSR count). The molecule has 15 heavy (non-hydrogen) atoms. The first-order valence-corrected chi connectivity index (χ1v) is 5.62. The van der Waals surface area contributed by atoms with Crippen LogP contribution in [0.5, 0.6) is 0 Å². The van der Waals surface area contributed by atoms with Crippen molar-refractivity contribution in [1.82, 2.24) is 0 Å². The predicted octanol–water partition coefficient (Wildman–Crippen LogP) is 4.31. The Morgan fingerprint density at radius 1 is 0.733 bits per heavy atom. The molecule has 0 aromatic heterocycles. The van der Waals surface area contributed by atoms with Crippen molar-refractivity contribution in [1.29, 1.82) is 0 Å². The Hall–Kier alpha value is -0.257. The Bertz CT molecular complexity index is 139. The van der Waals surface area contributed by atoms with Crippen molar-refractivity contribution in [2.45, 2.75) is 65.2 Å². The van der Waals surface area contributed by atoms with Gasteiger partial charge in [-0.15, -0.1) is 0 Å². The van der Waals surface area contributed by atoms with E-state index in [1.807, 2.05) is 0 Å². The monoisotopic (exact) mass is 254 g/mol. The van der Waals surface area contributed by atoms with Gasteiger partial charge in [-0.1, -0.05) is 39.5 Å². The van der Waals surface area contributed by atoms with Gasteiger partial charge in [0.2, 0.25) is 0 Å². The van der Waals surface area contributed by atoms with E-state index in [1.54, 1.807) is 0 Å². The smallest absolute Gasteiger partial charge is 0.694 e. The molecule has 0 aliphatic carbocycles. The van der Waals surface area contributed by atoms with Gasteiger partial charge in [-0.2, -0.15) is 0 Å². The predicted molar refractivity (Wildman–Crippen MR) is 62.5 cm³/mol. The van der Waals surface area contributed by atoms with E-state index in [9.17, 15) is 0 Å². The molecule has 0 fully saturated rings. The number of hydrogen-bond donors (Lipinski definition) is 0. The van der Waals surface area contributed by atoms with E-state index in [4.69, 9.17) is 12.8 Å². The molecule has 0 aromatic carbocycles. The van der Waals surface area contributed by atoms with Crippen LogP contribution in [0.4, 0.5) is 0 Å². The normalized spacial score (nSPS) is 7.47. The molecule has 1 heteroatoms. The van der Waals surface area contributed by atoms with Crippen LogP contribution in [0.2, 0.25) is 0 Å². The van der Waals surface area contributed by atoms with Crippen LogP contribution in [0.25, 0.3) is 0 Å². The summed E-state index contributed by atoms with van der Waals surface area (Å²) in [5, 5.41) is 0. The van der Waals surface area contributed by atoms with Crippen molar-refractivity contribution in [2.24, 2.45) is 0 Å². The van der Waals surface area contributed by atoms with Gasteiger partial charge in [0, 0.05) is 0 Å². The second-order valence-corrected chi connectivity index (χ2v) is 3.27. The fraction of sp³-hybridized carbons (Fsp3) is 0.714. The van der Waals surface area contributed by atoms with E-state index in [2.05, 4.69) is 25.7 Å². The van der Waals surface area contributed by atoms with Gasteiger partial charge in [-0.05, 0) is 25.7 Å². The third kappa shape index (κ3) is 31.6. The molecule has 0 atom stereocenters. The van der Waals surface area contributed by atoms with Gasteiger partial charge in [0.15, 0.2) is 0 Å². The van der Waals surface area contributed by atoms with E-state index in [0.29, 0.717) is 0 Å². The van der Waals surface area contributed by atoms with Gasteiger partial charge in [0.1, 0.15) is 0 Å². The molecule has 0 bridgehead atoms. The van der Waals surface area contributed by atoms with E-state index < -0.39 is 0 Å². The maximum atomic E-state index is 6.53. The number of hydrogen-bond acceptors (Lipinski definition) is 0. The van der Waals surface area contributed by atoms with Gasteiger partial charge in [0.05, 0.1) is 0 Å². The Morgan fingerprint density at radius 3 is 1.27 bits per heavy atom. The molecule has 80 valence electrons. The van der Waals surface area contributed by atoms with Crippen LogP contribution in [0, 0.1) is 24.7 Å². The summed E-state index contributed by atoms with van der Waals surface area (Å²) in [5.41, 5.74) is 0. The molecule has 0 unspecified atom stereocenters. The van der Waals surface area contributed by atoms with Crippen LogP contribution in [0.1, 0.15) is 65.2 Å². The van der Waals surface area contributed by atoms with Crippen molar-refractivity contribution in [3.8, 4) is 11.8 Å². The summed E-state index contributed by atoms with van der Waals surface area (Å²) in [6.07, 6.45) is 22.0. The summed E-state index contributed by atoms with van der Waals surface area (Å²) in [7, 11) is 0. The van der Waals surface area contributed by atoms with Crippen LogP contribution in [0.15, 0.2) is 0 Å². The molecule has 0 radical (unpaired) electrons. The zero-order chi connectivity index (χ0) is 11.1. The van der Waals surface area contributed by atoms with E-state index >= 15 is 0 Å². The van der Waals surface area contributed by atoms with E-state index in [1.165, 1.54) is 25.7 Å². The first-order chi connectivity index (χ1) is 6.83. The van der Waals surface area contributed by atoms with Crippen LogP contribution < -0.4 is 0 Å². The third-order valence-corrected chi connectivity index (χ3v) is 1.81. The summed E-state index contributed by atoms with van der Waals surface area (Å²) in [6.45, 7) is 4.31. The minimum atomic E-state index is 0. The molecular weight excluding hydrogens is 234 g/mol. The van der Waals surface area contributed by atoms with Gasteiger partial charge in [-0.25, -0.2) is 0 Å². The van der Waals surface area contributed by atoms with Crippen molar-refractivity contribution in [2.75, 3.05) is 0 Å². The maximum Gasteiger partial charge on any atom is 2.00 e. The fourth-order valence-corrected chi connectivity index (χ4v) is 0.927. The second kappa shape index (κ2) is 23.5. The largest absolute Gasteiger partial charge is 2.00 e. The molecule has 0 spiro atoms. The van der Waals surface area contributed by atoms with Crippen molar-refractivity contribution >= 4 is 0 Å². The standard InChI is InChI=1S/2C7H11.Zn/c2*1-3-5-7-6-4-2;/h2*3,5-7H2,1H3;/q2*-1;+2. The van der Waals surface area contributed by atoms with Gasteiger partial charge < -0.3 is 24.7 Å². The van der Waals surface area contributed by atoms with Crippen LogP contribution >= 0.6 is 0 Å². The summed E-state index contributed by atoms with van der Waals surface area (Å²) >= 11 is 0. The van der Waals surface area contributed by atoms with Crippen molar-refractivity contribution in [3.63, 3.8) is 0 Å². The maximum absolute atomic E-state index is 6.53. The van der Waals surface area contributed by atoms with Crippen LogP contribution in [-0.2, 0) is 19.5 Å². The average molecular weight is 256 g/mol. The third-order valence-electron chi connectivity index (χ3n) is 1.81. The zero-order valence-corrected chi connectivity index (χ0v) is 13.3. The molecule has 0 aliphatic rings. The Morgan fingerprint density at radius 2 is 1.07 bits per heavy atom. The van der Waals surface area contributed by atoms with Crippen molar-refractivity contribution < 1.29 is 19.5 Å². The molecule has 0 aromatic rings. The first kappa shape index (κ1) is 20.2. The SMILES string of the molecule is [C-]#CCCCCC.[C-]#CCCCCC.[Zn+2]. The summed E-state index contributed by atoms with van der Waals surface area (Å²) < 4.78 is 0. The average Bonchev–Trinajstić information content (AvgIpc) is 2.21. The quantitative estimate of drug-likeness (QED) is 0.287. The molecule has 0 amide bonds. The van der Waals surface area contributed by atoms with Gasteiger partial charge >= 0.3 is 19.5 Å². The molecule has 0 nitrogen and oxygen atoms in total. The summed E-state index contributed by atoms with van der Waals surface area (Å²) in [5.74, 6) is 4.70. The number of unbranched alkanes of at least 4 members (excludes halogenated alkanes) is 6. The van der Waals surface area contributed by atoms with E-state index in [0.717, 1.165) is 25.7 Å². The number of rotatable bonds is 6. The van der Waals surface area contributed by atoms with Crippen LogP contribution in [-0.4, -0.2) is 0 Å². The van der Waals surface area contributed by atoms with Gasteiger partial charge in [0.25, 0.3) is 0 Å².